The van der Waals surface area contributed by atoms with Crippen LogP contribution in [-0.4, -0.2) is 15.2 Å². The van der Waals surface area contributed by atoms with Gasteiger partial charge in [0, 0.05) is 16.2 Å². The van der Waals surface area contributed by atoms with E-state index >= 15 is 0 Å². The second-order valence-corrected chi connectivity index (χ2v) is 7.47. The molecule has 0 radical (unpaired) electrons. The molecule has 1 N–H and O–H groups in total. The summed E-state index contributed by atoms with van der Waals surface area (Å²) < 4.78 is 0.367. The van der Waals surface area contributed by atoms with Crippen LogP contribution in [0.3, 0.4) is 0 Å². The number of hydrogen-bond acceptors (Lipinski definition) is 2. The molecule has 3 heteroatoms. The first-order chi connectivity index (χ1) is 6.77. The van der Waals surface area contributed by atoms with Crippen molar-refractivity contribution in [2.24, 2.45) is 46.6 Å². The summed E-state index contributed by atoms with van der Waals surface area (Å²) in [5.41, 5.74) is 1.17. The Hall–Kier alpha value is -0.0500. The van der Waals surface area contributed by atoms with Crippen molar-refractivity contribution >= 4 is 21.6 Å². The maximum Gasteiger partial charge on any atom is 0.0655 e. The number of hydrogen-bond donors (Lipinski definition) is 1. The lowest BCUT2D eigenvalue weighted by Crippen LogP contribution is -2.39. The second kappa shape index (κ2) is 1.70. The van der Waals surface area contributed by atoms with Crippen LogP contribution < -0.4 is 0 Å². The maximum atomic E-state index is 9.16. The molecule has 0 aliphatic heterocycles. The van der Waals surface area contributed by atoms with Crippen molar-refractivity contribution in [3.63, 3.8) is 0 Å². The summed E-state index contributed by atoms with van der Waals surface area (Å²) in [6.45, 7) is 0. The van der Waals surface area contributed by atoms with Gasteiger partial charge >= 0.3 is 0 Å². The van der Waals surface area contributed by atoms with Crippen LogP contribution in [0.2, 0.25) is 0 Å². The van der Waals surface area contributed by atoms with E-state index in [-0.39, 0.29) is 0 Å². The summed E-state index contributed by atoms with van der Waals surface area (Å²) in [6.07, 6.45) is 2.80. The van der Waals surface area contributed by atoms with Crippen LogP contribution in [0.4, 0.5) is 0 Å². The van der Waals surface area contributed by atoms with Crippen LogP contribution >= 0.6 is 15.9 Å². The molecule has 6 aliphatic carbocycles. The van der Waals surface area contributed by atoms with Gasteiger partial charge in [0.15, 0.2) is 0 Å². The molecule has 8 atom stereocenters. The van der Waals surface area contributed by atoms with Gasteiger partial charge in [0.2, 0.25) is 0 Å². The first kappa shape index (κ1) is 7.26. The molecule has 6 aliphatic rings. The predicted octanol–water partition coefficient (Wildman–Crippen LogP) is 2.11. The molecule has 0 aromatic heterocycles. The second-order valence-electron chi connectivity index (χ2n) is 5.99. The Morgan fingerprint density at radius 1 is 1.36 bits per heavy atom. The van der Waals surface area contributed by atoms with Gasteiger partial charge in [-0.15, -0.1) is 0 Å². The quantitative estimate of drug-likeness (QED) is 0.401. The van der Waals surface area contributed by atoms with Crippen molar-refractivity contribution in [3.8, 4) is 0 Å². The topological polar surface area (TPSA) is 32.6 Å². The Morgan fingerprint density at radius 3 is 2.93 bits per heavy atom. The average Bonchev–Trinajstić information content (AvgIpc) is 2.76. The van der Waals surface area contributed by atoms with Crippen molar-refractivity contribution in [3.05, 3.63) is 0 Å². The lowest BCUT2D eigenvalue weighted by molar-refractivity contribution is 0.149. The van der Waals surface area contributed by atoms with E-state index < -0.39 is 0 Å². The highest BCUT2D eigenvalue weighted by Crippen LogP contribution is 2.85. The first-order valence-electron chi connectivity index (χ1n) is 5.68. The molecule has 6 saturated carbocycles. The lowest BCUT2D eigenvalue weighted by Gasteiger charge is -2.37. The van der Waals surface area contributed by atoms with E-state index in [1.807, 2.05) is 0 Å². The molecular formula is C11H12BrNO. The highest BCUT2D eigenvalue weighted by Gasteiger charge is 2.85. The molecule has 0 aromatic rings. The standard InChI is InChI=1S/C11H12BrNO/c12-11-2-5-3-1-4-6(5)9(11)10(13-14)7(4)8(3)11/h3-9,14H,1-2H2/b13-10-/t3-,4-,5+,6-,7-,8+,9-,11-/m0/s1. The van der Waals surface area contributed by atoms with Gasteiger partial charge in [-0.25, -0.2) is 0 Å². The summed E-state index contributed by atoms with van der Waals surface area (Å²) in [4.78, 5) is 0. The molecule has 74 valence electrons. The molecule has 2 nitrogen and oxygen atoms in total. The zero-order valence-electron chi connectivity index (χ0n) is 7.73. The molecule has 0 spiro atoms. The zero-order valence-corrected chi connectivity index (χ0v) is 9.31. The van der Waals surface area contributed by atoms with E-state index in [9.17, 15) is 0 Å². The minimum absolute atomic E-state index is 0.367. The van der Waals surface area contributed by atoms with Gasteiger partial charge in [-0.3, -0.25) is 0 Å². The summed E-state index contributed by atoms with van der Waals surface area (Å²) in [7, 11) is 0. The molecule has 6 bridgehead atoms. The van der Waals surface area contributed by atoms with E-state index in [1.54, 1.807) is 0 Å². The van der Waals surface area contributed by atoms with E-state index in [4.69, 9.17) is 5.21 Å². The Labute approximate surface area is 90.9 Å². The minimum Gasteiger partial charge on any atom is -0.411 e. The van der Waals surface area contributed by atoms with Gasteiger partial charge in [-0.1, -0.05) is 21.1 Å². The van der Waals surface area contributed by atoms with Gasteiger partial charge < -0.3 is 5.21 Å². The fraction of sp³-hybridized carbons (Fsp3) is 0.909. The Morgan fingerprint density at radius 2 is 2.21 bits per heavy atom. The number of halogens is 1. The Bertz CT molecular complexity index is 395. The van der Waals surface area contributed by atoms with Crippen molar-refractivity contribution in [1.29, 1.82) is 0 Å². The SMILES string of the molecule is O/N=C1/[C@H]2[C@H]3C[C@H]4[C@H]5C[C@](Br)([C@H]42)[C@H]1[C@H]53. The third kappa shape index (κ3) is 0.412. The van der Waals surface area contributed by atoms with E-state index in [0.29, 0.717) is 16.2 Å². The minimum atomic E-state index is 0.367. The summed E-state index contributed by atoms with van der Waals surface area (Å²) in [6, 6.07) is 0. The Kier molecular flexibility index (Phi) is 0.883. The summed E-state index contributed by atoms with van der Waals surface area (Å²) in [5, 5.41) is 12.8. The highest BCUT2D eigenvalue weighted by atomic mass is 79.9. The number of nitrogens with zero attached hydrogens (tertiary/aromatic N) is 1. The summed E-state index contributed by atoms with van der Waals surface area (Å²) >= 11 is 4.01. The molecule has 0 aromatic carbocycles. The third-order valence-corrected chi connectivity index (χ3v) is 7.52. The van der Waals surface area contributed by atoms with Crippen LogP contribution in [0.15, 0.2) is 5.16 Å². The number of rotatable bonds is 0. The van der Waals surface area contributed by atoms with Gasteiger partial charge in [0.1, 0.15) is 0 Å². The fourth-order valence-corrected chi connectivity index (χ4v) is 7.89. The van der Waals surface area contributed by atoms with Crippen LogP contribution in [0.1, 0.15) is 12.8 Å². The van der Waals surface area contributed by atoms with E-state index in [2.05, 4.69) is 21.1 Å². The average molecular weight is 254 g/mol. The normalized spacial score (nSPS) is 77.8. The van der Waals surface area contributed by atoms with E-state index in [1.165, 1.54) is 18.6 Å². The third-order valence-electron chi connectivity index (χ3n) is 6.17. The zero-order chi connectivity index (χ0) is 9.24. The summed E-state index contributed by atoms with van der Waals surface area (Å²) in [5.74, 6) is 5.85. The predicted molar refractivity (Wildman–Crippen MR) is 54.5 cm³/mol. The van der Waals surface area contributed by atoms with Crippen molar-refractivity contribution in [2.75, 3.05) is 0 Å². The molecule has 14 heavy (non-hydrogen) atoms. The van der Waals surface area contributed by atoms with Gasteiger partial charge in [0.05, 0.1) is 5.71 Å². The van der Waals surface area contributed by atoms with Crippen molar-refractivity contribution < 1.29 is 5.21 Å². The molecule has 0 unspecified atom stereocenters. The van der Waals surface area contributed by atoms with Crippen LogP contribution in [0.5, 0.6) is 0 Å². The first-order valence-corrected chi connectivity index (χ1v) is 6.47. The van der Waals surface area contributed by atoms with Crippen molar-refractivity contribution in [1.82, 2.24) is 0 Å². The van der Waals surface area contributed by atoms with Gasteiger partial charge in [0.25, 0.3) is 0 Å². The number of alkyl halides is 1. The molecule has 0 saturated heterocycles. The monoisotopic (exact) mass is 253 g/mol. The van der Waals surface area contributed by atoms with Gasteiger partial charge in [-0.05, 0) is 42.4 Å². The smallest absolute Gasteiger partial charge is 0.0655 e. The highest BCUT2D eigenvalue weighted by molar-refractivity contribution is 9.10. The van der Waals surface area contributed by atoms with Crippen molar-refractivity contribution in [2.45, 2.75) is 17.2 Å². The largest absolute Gasteiger partial charge is 0.411 e. The number of oxime groups is 1. The maximum absolute atomic E-state index is 9.16. The molecule has 0 amide bonds. The molecule has 0 heterocycles. The molecule has 6 fully saturated rings. The van der Waals surface area contributed by atoms with Crippen LogP contribution in [0, 0.1) is 41.4 Å². The van der Waals surface area contributed by atoms with E-state index in [0.717, 1.165) is 29.6 Å². The van der Waals surface area contributed by atoms with Gasteiger partial charge in [-0.2, -0.15) is 0 Å². The Balaban J connectivity index is 1.89. The van der Waals surface area contributed by atoms with Crippen LogP contribution in [-0.2, 0) is 0 Å². The lowest BCUT2D eigenvalue weighted by atomic mass is 9.71. The fourth-order valence-electron chi connectivity index (χ4n) is 6.35. The van der Waals surface area contributed by atoms with Crippen LogP contribution in [0.25, 0.3) is 0 Å². The molecular weight excluding hydrogens is 242 g/mol. The molecule has 6 rings (SSSR count).